The number of anilines is 1. The van der Waals surface area contributed by atoms with Crippen molar-refractivity contribution < 1.29 is 19.1 Å². The molecule has 0 spiro atoms. The number of alkyl halides is 1. The molecule has 1 rings (SSSR count). The van der Waals surface area contributed by atoms with Crippen LogP contribution >= 0.6 is 11.6 Å². The zero-order valence-corrected chi connectivity index (χ0v) is 14.6. The minimum Gasteiger partial charge on any atom is -0.446 e. The van der Waals surface area contributed by atoms with Gasteiger partial charge in [-0.3, -0.25) is 5.32 Å². The highest BCUT2D eigenvalue weighted by atomic mass is 35.5. The minimum atomic E-state index is -0.600. The predicted molar refractivity (Wildman–Crippen MR) is 86.6 cm³/mol. The lowest BCUT2D eigenvalue weighted by molar-refractivity contribution is 0.0569. The summed E-state index contributed by atoms with van der Waals surface area (Å²) in [6.45, 7) is 10.8. The summed E-state index contributed by atoms with van der Waals surface area (Å²) in [7, 11) is 0. The molecule has 122 valence electrons. The number of nitrogens with one attached hydrogen (secondary N) is 1. The van der Waals surface area contributed by atoms with Crippen LogP contribution in [0.2, 0.25) is 0 Å². The van der Waals surface area contributed by atoms with Crippen molar-refractivity contribution >= 4 is 29.4 Å². The van der Waals surface area contributed by atoms with Gasteiger partial charge in [-0.05, 0) is 58.2 Å². The fraction of sp³-hybridized carbons (Fsp3) is 0.500. The van der Waals surface area contributed by atoms with E-state index >= 15 is 0 Å². The lowest BCUT2D eigenvalue weighted by Gasteiger charge is -2.22. The zero-order valence-electron chi connectivity index (χ0n) is 13.8. The van der Waals surface area contributed by atoms with Gasteiger partial charge in [0.1, 0.15) is 5.60 Å². The molecular weight excluding hydrogens is 306 g/mol. The first-order valence-corrected chi connectivity index (χ1v) is 7.44. The molecule has 0 aliphatic rings. The lowest BCUT2D eigenvalue weighted by Crippen LogP contribution is -2.28. The maximum Gasteiger partial charge on any atom is 0.412 e. The normalized spacial score (nSPS) is 11.0. The van der Waals surface area contributed by atoms with E-state index in [0.29, 0.717) is 16.8 Å². The molecule has 0 aromatic heterocycles. The van der Waals surface area contributed by atoms with Crippen LogP contribution in [0, 0.1) is 20.8 Å². The third-order valence-corrected chi connectivity index (χ3v) is 3.10. The maximum atomic E-state index is 12.0. The molecule has 1 N–H and O–H groups in total. The van der Waals surface area contributed by atoms with Crippen molar-refractivity contribution in [3.05, 3.63) is 28.3 Å². The van der Waals surface area contributed by atoms with E-state index in [2.05, 4.69) is 5.32 Å². The van der Waals surface area contributed by atoms with Crippen molar-refractivity contribution in [1.82, 2.24) is 0 Å². The Balaban J connectivity index is 3.18. The fourth-order valence-electron chi connectivity index (χ4n) is 2.22. The largest absolute Gasteiger partial charge is 0.446 e. The molecule has 0 radical (unpaired) electrons. The first kappa shape index (κ1) is 18.3. The number of amides is 1. The Hall–Kier alpha value is -1.75. The highest BCUT2D eigenvalue weighted by Crippen LogP contribution is 2.28. The topological polar surface area (TPSA) is 64.6 Å². The van der Waals surface area contributed by atoms with Gasteiger partial charge in [0.2, 0.25) is 0 Å². The number of esters is 1. The van der Waals surface area contributed by atoms with Gasteiger partial charge in [-0.2, -0.15) is 0 Å². The fourth-order valence-corrected chi connectivity index (χ4v) is 2.32. The quantitative estimate of drug-likeness (QED) is 0.663. The highest BCUT2D eigenvalue weighted by molar-refractivity contribution is 6.17. The molecule has 0 heterocycles. The smallest absolute Gasteiger partial charge is 0.412 e. The van der Waals surface area contributed by atoms with Gasteiger partial charge < -0.3 is 9.47 Å². The van der Waals surface area contributed by atoms with Crippen LogP contribution in [-0.2, 0) is 9.47 Å². The van der Waals surface area contributed by atoms with E-state index in [-0.39, 0.29) is 6.07 Å². The second-order valence-electron chi connectivity index (χ2n) is 6.05. The van der Waals surface area contributed by atoms with Crippen LogP contribution in [0.15, 0.2) is 6.07 Å². The van der Waals surface area contributed by atoms with E-state index in [1.54, 1.807) is 27.7 Å². The number of hydrogen-bond acceptors (Lipinski definition) is 4. The second kappa shape index (κ2) is 7.01. The van der Waals surface area contributed by atoms with Gasteiger partial charge in [-0.15, -0.1) is 0 Å². The monoisotopic (exact) mass is 327 g/mol. The molecule has 5 nitrogen and oxygen atoms in total. The van der Waals surface area contributed by atoms with E-state index in [0.717, 1.165) is 11.1 Å². The summed E-state index contributed by atoms with van der Waals surface area (Å²) in [5.41, 5.74) is 2.57. The van der Waals surface area contributed by atoms with Crippen LogP contribution in [-0.4, -0.2) is 23.7 Å². The van der Waals surface area contributed by atoms with Crippen molar-refractivity contribution in [2.24, 2.45) is 0 Å². The summed E-state index contributed by atoms with van der Waals surface area (Å²) in [5.74, 6) is -0.516. The number of carbonyl (C=O) groups is 2. The van der Waals surface area contributed by atoms with E-state index in [4.69, 9.17) is 21.1 Å². The van der Waals surface area contributed by atoms with Gasteiger partial charge in [0.15, 0.2) is 6.07 Å². The molecule has 0 bridgehead atoms. The summed E-state index contributed by atoms with van der Waals surface area (Å²) in [4.78, 5) is 24.0. The van der Waals surface area contributed by atoms with Gasteiger partial charge in [0.25, 0.3) is 0 Å². The van der Waals surface area contributed by atoms with E-state index in [9.17, 15) is 9.59 Å². The Labute approximate surface area is 135 Å². The standard InChI is InChI=1S/C16H22ClNO4/c1-9-7-10(2)13(18-15(20)22-16(4,5)6)11(3)12(9)14(19)21-8-17/h7H,8H2,1-6H3,(H,18,20). The van der Waals surface area contributed by atoms with Crippen LogP contribution in [0.3, 0.4) is 0 Å². The molecule has 0 fully saturated rings. The number of aryl methyl sites for hydroxylation is 2. The Morgan fingerprint density at radius 1 is 1.18 bits per heavy atom. The summed E-state index contributed by atoms with van der Waals surface area (Å²) >= 11 is 5.45. The van der Waals surface area contributed by atoms with Crippen molar-refractivity contribution in [3.8, 4) is 0 Å². The first-order valence-electron chi connectivity index (χ1n) is 6.90. The average Bonchev–Trinajstić information content (AvgIpc) is 2.32. The van der Waals surface area contributed by atoms with Gasteiger partial charge in [-0.1, -0.05) is 17.7 Å². The molecule has 0 aliphatic heterocycles. The SMILES string of the molecule is Cc1cc(C)c(C(=O)OCCl)c(C)c1NC(=O)OC(C)(C)C. The Kier molecular flexibility index (Phi) is 5.83. The number of rotatable bonds is 3. The number of hydrogen-bond donors (Lipinski definition) is 1. The molecule has 6 heteroatoms. The van der Waals surface area contributed by atoms with Gasteiger partial charge in [0.05, 0.1) is 11.3 Å². The Bertz CT molecular complexity index is 591. The Morgan fingerprint density at radius 3 is 2.27 bits per heavy atom. The number of benzene rings is 1. The minimum absolute atomic E-state index is 0.222. The Morgan fingerprint density at radius 2 is 1.77 bits per heavy atom. The summed E-state index contributed by atoms with van der Waals surface area (Å²) in [6, 6.07) is 1.59. The molecule has 0 saturated heterocycles. The molecule has 1 amide bonds. The second-order valence-corrected chi connectivity index (χ2v) is 6.27. The van der Waals surface area contributed by atoms with Gasteiger partial charge in [-0.25, -0.2) is 9.59 Å². The van der Waals surface area contributed by atoms with Crippen molar-refractivity contribution in [2.45, 2.75) is 47.1 Å². The molecular formula is C16H22ClNO4. The van der Waals surface area contributed by atoms with E-state index in [1.807, 2.05) is 19.9 Å². The molecule has 0 atom stereocenters. The zero-order chi connectivity index (χ0) is 17.1. The summed E-state index contributed by atoms with van der Waals surface area (Å²) in [6.07, 6.45) is -0.570. The number of halogens is 1. The van der Waals surface area contributed by atoms with Crippen molar-refractivity contribution in [3.63, 3.8) is 0 Å². The van der Waals surface area contributed by atoms with E-state index < -0.39 is 17.7 Å². The number of ether oxygens (including phenoxy) is 2. The summed E-state index contributed by atoms with van der Waals surface area (Å²) < 4.78 is 10.1. The van der Waals surface area contributed by atoms with Gasteiger partial charge in [0, 0.05) is 0 Å². The van der Waals surface area contributed by atoms with Crippen LogP contribution in [0.5, 0.6) is 0 Å². The third kappa shape index (κ3) is 4.63. The van der Waals surface area contributed by atoms with Crippen molar-refractivity contribution in [1.29, 1.82) is 0 Å². The molecule has 0 unspecified atom stereocenters. The van der Waals surface area contributed by atoms with Gasteiger partial charge >= 0.3 is 12.1 Å². The van der Waals surface area contributed by atoms with E-state index in [1.165, 1.54) is 0 Å². The predicted octanol–water partition coefficient (Wildman–Crippen LogP) is 4.31. The third-order valence-electron chi connectivity index (χ3n) is 2.99. The van der Waals surface area contributed by atoms with Crippen LogP contribution in [0.1, 0.15) is 47.8 Å². The number of carbonyl (C=O) groups excluding carboxylic acids is 2. The summed E-state index contributed by atoms with van der Waals surface area (Å²) in [5, 5.41) is 2.70. The molecule has 0 aliphatic carbocycles. The van der Waals surface area contributed by atoms with Crippen LogP contribution in [0.4, 0.5) is 10.5 Å². The lowest BCUT2D eigenvalue weighted by atomic mass is 9.97. The highest BCUT2D eigenvalue weighted by Gasteiger charge is 2.21. The van der Waals surface area contributed by atoms with Crippen LogP contribution in [0.25, 0.3) is 0 Å². The molecule has 0 saturated carbocycles. The maximum absolute atomic E-state index is 12.0. The van der Waals surface area contributed by atoms with Crippen LogP contribution < -0.4 is 5.32 Å². The molecule has 22 heavy (non-hydrogen) atoms. The first-order chi connectivity index (χ1) is 10.1. The average molecular weight is 328 g/mol. The molecule has 1 aromatic rings. The molecule has 1 aromatic carbocycles. The van der Waals surface area contributed by atoms with Crippen molar-refractivity contribution in [2.75, 3.05) is 11.4 Å².